The number of hydrogen-bond donors (Lipinski definition) is 1. The number of ether oxygens (including phenoxy) is 1. The largest absolute Gasteiger partial charge is 0.435 e. The first-order chi connectivity index (χ1) is 16.4. The van der Waals surface area contributed by atoms with E-state index in [1.165, 1.54) is 25.0 Å². The van der Waals surface area contributed by atoms with Crippen LogP contribution in [0.3, 0.4) is 0 Å². The zero-order valence-corrected chi connectivity index (χ0v) is 19.5. The topological polar surface area (TPSA) is 50.5 Å². The molecule has 2 aromatic carbocycles. The Morgan fingerprint density at radius 3 is 2.68 bits per heavy atom. The number of aliphatic hydroxyl groups is 1. The fourth-order valence-electron chi connectivity index (χ4n) is 4.02. The maximum Gasteiger partial charge on any atom is 0.227 e. The molecule has 0 amide bonds. The van der Waals surface area contributed by atoms with Gasteiger partial charge in [-0.3, -0.25) is 4.90 Å². The smallest absolute Gasteiger partial charge is 0.227 e. The number of halogens is 2. The second-order valence-corrected chi connectivity index (χ2v) is 8.95. The van der Waals surface area contributed by atoms with Crippen LogP contribution >= 0.6 is 0 Å². The summed E-state index contributed by atoms with van der Waals surface area (Å²) >= 11 is 0. The second kappa shape index (κ2) is 10.9. The lowest BCUT2D eigenvalue weighted by Crippen LogP contribution is -2.34. The number of aliphatic hydroxyl groups excluding tert-OH is 1. The van der Waals surface area contributed by atoms with Crippen molar-refractivity contribution in [3.8, 4) is 17.3 Å². The molecule has 0 aliphatic heterocycles. The molecule has 1 aliphatic carbocycles. The first kappa shape index (κ1) is 24.1. The summed E-state index contributed by atoms with van der Waals surface area (Å²) in [5, 5.41) is 15.2. The third-order valence-corrected chi connectivity index (χ3v) is 6.01. The molecule has 1 saturated carbocycles. The first-order valence-corrected chi connectivity index (χ1v) is 11.7. The molecule has 34 heavy (non-hydrogen) atoms. The summed E-state index contributed by atoms with van der Waals surface area (Å²) in [5.74, 6) is -0.508. The van der Waals surface area contributed by atoms with Crippen molar-refractivity contribution in [3.63, 3.8) is 0 Å². The molecular formula is C27H31F2N3O2. The Morgan fingerprint density at radius 2 is 2.00 bits per heavy atom. The lowest BCUT2D eigenvalue weighted by Gasteiger charge is -2.25. The summed E-state index contributed by atoms with van der Waals surface area (Å²) in [6.07, 6.45) is 5.11. The highest BCUT2D eigenvalue weighted by Gasteiger charge is 2.28. The molecule has 0 saturated heterocycles. The number of nitrogens with zero attached hydrogens (tertiary/aromatic N) is 3. The van der Waals surface area contributed by atoms with Crippen molar-refractivity contribution < 1.29 is 18.6 Å². The number of benzene rings is 2. The minimum atomic E-state index is -0.779. The zero-order chi connectivity index (χ0) is 24.1. The van der Waals surface area contributed by atoms with E-state index >= 15 is 0 Å². The Kier molecular flexibility index (Phi) is 7.75. The van der Waals surface area contributed by atoms with Gasteiger partial charge in [0.2, 0.25) is 5.88 Å². The van der Waals surface area contributed by atoms with E-state index in [9.17, 15) is 13.9 Å². The Balaban J connectivity index is 1.68. The summed E-state index contributed by atoms with van der Waals surface area (Å²) in [4.78, 5) is 2.22. The van der Waals surface area contributed by atoms with Gasteiger partial charge in [0.05, 0.1) is 23.0 Å². The van der Waals surface area contributed by atoms with Gasteiger partial charge in [-0.15, -0.1) is 6.58 Å². The second-order valence-electron chi connectivity index (χ2n) is 8.95. The van der Waals surface area contributed by atoms with Crippen molar-refractivity contribution in [1.29, 1.82) is 0 Å². The van der Waals surface area contributed by atoms with Crippen LogP contribution in [-0.4, -0.2) is 39.0 Å². The average molecular weight is 468 g/mol. The molecule has 1 atom stereocenters. The number of aromatic nitrogens is 2. The summed E-state index contributed by atoms with van der Waals surface area (Å²) < 4.78 is 35.7. The molecule has 1 aliphatic rings. The molecule has 4 rings (SSSR count). The summed E-state index contributed by atoms with van der Waals surface area (Å²) in [5.41, 5.74) is 2.33. The van der Waals surface area contributed by atoms with Crippen molar-refractivity contribution in [2.24, 2.45) is 5.92 Å². The predicted octanol–water partition coefficient (Wildman–Crippen LogP) is 5.79. The van der Waals surface area contributed by atoms with Gasteiger partial charge in [0, 0.05) is 25.7 Å². The van der Waals surface area contributed by atoms with Crippen LogP contribution in [0.4, 0.5) is 8.78 Å². The number of hydrogen-bond acceptors (Lipinski definition) is 4. The number of allylic oxidation sites excluding steroid dienone is 1. The van der Waals surface area contributed by atoms with Crippen LogP contribution in [0.1, 0.15) is 36.9 Å². The van der Waals surface area contributed by atoms with Gasteiger partial charge in [-0.1, -0.05) is 24.3 Å². The van der Waals surface area contributed by atoms with Crippen molar-refractivity contribution >= 4 is 0 Å². The van der Waals surface area contributed by atoms with E-state index in [0.717, 1.165) is 36.0 Å². The zero-order valence-electron chi connectivity index (χ0n) is 19.5. The summed E-state index contributed by atoms with van der Waals surface area (Å²) in [6, 6.07) is 12.7. The predicted molar refractivity (Wildman–Crippen MR) is 128 cm³/mol. The lowest BCUT2D eigenvalue weighted by molar-refractivity contribution is 0.0991. The van der Waals surface area contributed by atoms with Crippen LogP contribution in [0.5, 0.6) is 11.6 Å². The highest BCUT2D eigenvalue weighted by molar-refractivity contribution is 5.43. The molecule has 180 valence electrons. The Bertz CT molecular complexity index is 1110. The van der Waals surface area contributed by atoms with Crippen molar-refractivity contribution in [2.45, 2.75) is 45.3 Å². The van der Waals surface area contributed by atoms with Gasteiger partial charge >= 0.3 is 0 Å². The first-order valence-electron chi connectivity index (χ1n) is 11.7. The van der Waals surface area contributed by atoms with E-state index in [-0.39, 0.29) is 5.75 Å². The van der Waals surface area contributed by atoms with Gasteiger partial charge < -0.3 is 9.84 Å². The van der Waals surface area contributed by atoms with Gasteiger partial charge in [-0.25, -0.2) is 13.5 Å². The van der Waals surface area contributed by atoms with Gasteiger partial charge in [0.25, 0.3) is 0 Å². The van der Waals surface area contributed by atoms with E-state index in [1.54, 1.807) is 4.68 Å². The van der Waals surface area contributed by atoms with E-state index in [2.05, 4.69) is 11.5 Å². The maximum atomic E-state index is 14.5. The molecule has 1 fully saturated rings. The normalized spacial score (nSPS) is 14.4. The summed E-state index contributed by atoms with van der Waals surface area (Å²) in [7, 11) is 0. The Morgan fingerprint density at radius 1 is 1.24 bits per heavy atom. The molecule has 7 heteroatoms. The summed E-state index contributed by atoms with van der Waals surface area (Å²) in [6.45, 7) is 7.52. The minimum Gasteiger partial charge on any atom is -0.435 e. The number of aryl methyl sites for hydroxylation is 1. The van der Waals surface area contributed by atoms with Crippen LogP contribution in [0.25, 0.3) is 5.69 Å². The third-order valence-electron chi connectivity index (χ3n) is 6.01. The molecule has 0 unspecified atom stereocenters. The molecule has 0 spiro atoms. The molecule has 1 N–H and O–H groups in total. The number of rotatable bonds is 12. The van der Waals surface area contributed by atoms with Crippen LogP contribution in [0.15, 0.2) is 61.2 Å². The number of para-hydroxylation sites is 1. The van der Waals surface area contributed by atoms with Crippen LogP contribution in [0.2, 0.25) is 0 Å². The van der Waals surface area contributed by atoms with Crippen molar-refractivity contribution in [1.82, 2.24) is 14.7 Å². The highest BCUT2D eigenvalue weighted by Crippen LogP contribution is 2.35. The quantitative estimate of drug-likeness (QED) is 0.343. The monoisotopic (exact) mass is 467 g/mol. The van der Waals surface area contributed by atoms with E-state index < -0.39 is 17.7 Å². The van der Waals surface area contributed by atoms with Crippen molar-refractivity contribution in [2.75, 3.05) is 13.1 Å². The van der Waals surface area contributed by atoms with E-state index in [0.29, 0.717) is 31.3 Å². The lowest BCUT2D eigenvalue weighted by atomic mass is 10.1. The van der Waals surface area contributed by atoms with Gasteiger partial charge in [-0.2, -0.15) is 5.10 Å². The fourth-order valence-corrected chi connectivity index (χ4v) is 4.02. The maximum absolute atomic E-state index is 14.5. The molecule has 0 bridgehead atoms. The van der Waals surface area contributed by atoms with E-state index in [4.69, 9.17) is 9.84 Å². The standard InChI is InChI=1S/C27H31F2N3O2/c1-3-4-10-23(33)17-31(16-20-11-12-20)18-24-19(2)30-32(22-8-6-5-7-9-22)27(24)34-26-14-13-21(28)15-25(26)29/h3,5-9,13-15,20,23,33H,1,4,10-12,16-18H2,2H3/t23-/m1/s1. The van der Waals surface area contributed by atoms with Crippen LogP contribution in [0, 0.1) is 24.5 Å². The van der Waals surface area contributed by atoms with Gasteiger partial charge in [0.15, 0.2) is 11.6 Å². The molecular weight excluding hydrogens is 436 g/mol. The molecule has 3 aromatic rings. The molecule has 1 aromatic heterocycles. The van der Waals surface area contributed by atoms with Crippen LogP contribution in [-0.2, 0) is 6.54 Å². The van der Waals surface area contributed by atoms with Crippen molar-refractivity contribution in [3.05, 3.63) is 84.1 Å². The fraction of sp³-hybridized carbons (Fsp3) is 0.370. The van der Waals surface area contributed by atoms with E-state index in [1.807, 2.05) is 43.3 Å². The Labute approximate surface area is 199 Å². The van der Waals surface area contributed by atoms with Crippen LogP contribution < -0.4 is 4.74 Å². The molecule has 0 radical (unpaired) electrons. The third kappa shape index (κ3) is 6.10. The average Bonchev–Trinajstić information content (AvgIpc) is 3.58. The molecule has 1 heterocycles. The minimum absolute atomic E-state index is 0.0699. The Hall–Kier alpha value is -3.03. The molecule has 5 nitrogen and oxygen atoms in total. The van der Waals surface area contributed by atoms with Gasteiger partial charge in [0.1, 0.15) is 5.82 Å². The SMILES string of the molecule is C=CCC[C@@H](O)CN(Cc1c(C)nn(-c2ccccc2)c1Oc1ccc(F)cc1F)CC1CC1. The van der Waals surface area contributed by atoms with Gasteiger partial charge in [-0.05, 0) is 62.8 Å². The highest BCUT2D eigenvalue weighted by atomic mass is 19.1.